The summed E-state index contributed by atoms with van der Waals surface area (Å²) in [7, 11) is 1.13. The molecular formula is C17H22N2O4S2. The second-order valence-electron chi connectivity index (χ2n) is 5.91. The predicted molar refractivity (Wildman–Crippen MR) is 101 cm³/mol. The second kappa shape index (κ2) is 8.57. The normalized spacial score (nSPS) is 12.4. The number of anilines is 1. The molecule has 0 aliphatic carbocycles. The molecule has 6 nitrogen and oxygen atoms in total. The van der Waals surface area contributed by atoms with E-state index < -0.39 is 22.1 Å². The Kier molecular flexibility index (Phi) is 6.71. The topological polar surface area (TPSA) is 81.7 Å². The summed E-state index contributed by atoms with van der Waals surface area (Å²) in [5, 5.41) is 0. The van der Waals surface area contributed by atoms with Crippen LogP contribution in [0.3, 0.4) is 0 Å². The van der Waals surface area contributed by atoms with Crippen LogP contribution in [0.4, 0.5) is 5.69 Å². The van der Waals surface area contributed by atoms with Crippen molar-refractivity contribution in [3.8, 4) is 11.5 Å². The first-order valence-electron chi connectivity index (χ1n) is 7.57. The number of rotatable bonds is 7. The van der Waals surface area contributed by atoms with Gasteiger partial charge in [-0.2, -0.15) is 0 Å². The number of aryl methyl sites for hydroxylation is 1. The fourth-order valence-corrected chi connectivity index (χ4v) is 3.58. The van der Waals surface area contributed by atoms with Gasteiger partial charge < -0.3 is 14.2 Å². The van der Waals surface area contributed by atoms with Crippen molar-refractivity contribution in [2.24, 2.45) is 0 Å². The van der Waals surface area contributed by atoms with E-state index in [9.17, 15) is 13.0 Å². The zero-order valence-corrected chi connectivity index (χ0v) is 16.3. The maximum atomic E-state index is 11.6. The average molecular weight is 383 g/mol. The van der Waals surface area contributed by atoms with Crippen LogP contribution in [0.2, 0.25) is 0 Å². The summed E-state index contributed by atoms with van der Waals surface area (Å²) in [5.41, 5.74) is 2.25. The van der Waals surface area contributed by atoms with Gasteiger partial charge in [-0.05, 0) is 68.6 Å². The van der Waals surface area contributed by atoms with E-state index in [2.05, 4.69) is 4.72 Å². The van der Waals surface area contributed by atoms with Crippen molar-refractivity contribution >= 4 is 27.8 Å². The molecule has 0 radical (unpaired) electrons. The number of hydrogen-bond donors (Lipinski definition) is 2. The summed E-state index contributed by atoms with van der Waals surface area (Å²) in [6.45, 7) is 2.48. The lowest BCUT2D eigenvalue weighted by Crippen LogP contribution is -2.12. The number of benzene rings is 2. The smallest absolute Gasteiger partial charge is 0.222 e. The molecule has 0 spiro atoms. The Morgan fingerprint density at radius 1 is 1.20 bits per heavy atom. The maximum absolute atomic E-state index is 11.6. The third kappa shape index (κ3) is 5.64. The first-order valence-corrected chi connectivity index (χ1v) is 10.3. The van der Waals surface area contributed by atoms with E-state index in [-0.39, 0.29) is 0 Å². The zero-order valence-electron chi connectivity index (χ0n) is 14.6. The lowest BCUT2D eigenvalue weighted by molar-refractivity contribution is 0.388. The van der Waals surface area contributed by atoms with Crippen LogP contribution in [0.25, 0.3) is 0 Å². The molecule has 0 aliphatic rings. The molecule has 1 unspecified atom stereocenters. The van der Waals surface area contributed by atoms with Crippen molar-refractivity contribution in [2.45, 2.75) is 18.4 Å². The summed E-state index contributed by atoms with van der Waals surface area (Å²) in [6, 6.07) is 10.6. The summed E-state index contributed by atoms with van der Waals surface area (Å²) >= 11 is -1.04. The SMILES string of the molecule is Cc1cc(Oc2ccc(N[SH](=O)=O)cc2CN(C)C)ccc1[S+](C)[O-]. The van der Waals surface area contributed by atoms with E-state index in [0.717, 1.165) is 16.0 Å². The highest BCUT2D eigenvalue weighted by molar-refractivity contribution is 7.90. The van der Waals surface area contributed by atoms with E-state index in [1.165, 1.54) is 0 Å². The Bertz CT molecular complexity index is 812. The van der Waals surface area contributed by atoms with Gasteiger partial charge in [0.1, 0.15) is 17.8 Å². The molecule has 0 aromatic heterocycles. The molecule has 0 saturated heterocycles. The largest absolute Gasteiger partial charge is 0.612 e. The standard InChI is InChI=1S/C17H22N2O4S2/c1-12-9-15(6-8-17(12)24(4)20)23-16-7-5-14(18-25(21)22)10-13(16)11-19(2)3/h5-10,25H,11H2,1-4H3,(H,18,21,22). The monoisotopic (exact) mass is 382 g/mol. The molecular weight excluding hydrogens is 360 g/mol. The fraction of sp³-hybridized carbons (Fsp3) is 0.294. The first-order chi connectivity index (χ1) is 11.8. The summed E-state index contributed by atoms with van der Waals surface area (Å²) in [5.74, 6) is 1.28. The van der Waals surface area contributed by atoms with Crippen LogP contribution in [-0.2, 0) is 28.6 Å². The molecule has 2 aromatic rings. The van der Waals surface area contributed by atoms with Crippen molar-refractivity contribution in [1.82, 2.24) is 4.90 Å². The third-order valence-corrected chi connectivity index (χ3v) is 4.97. The number of hydrogen-bond acceptors (Lipinski definition) is 5. The molecule has 0 aliphatic heterocycles. The van der Waals surface area contributed by atoms with Crippen molar-refractivity contribution in [3.05, 3.63) is 47.5 Å². The number of nitrogens with zero attached hydrogens (tertiary/aromatic N) is 1. The van der Waals surface area contributed by atoms with E-state index in [4.69, 9.17) is 4.74 Å². The van der Waals surface area contributed by atoms with Gasteiger partial charge in [-0.15, -0.1) is 0 Å². The van der Waals surface area contributed by atoms with Gasteiger partial charge in [0.05, 0.1) is 0 Å². The molecule has 8 heteroatoms. The minimum atomic E-state index is -2.71. The van der Waals surface area contributed by atoms with Crippen LogP contribution in [-0.4, -0.2) is 38.2 Å². The molecule has 2 rings (SSSR count). The van der Waals surface area contributed by atoms with Gasteiger partial charge in [0.25, 0.3) is 0 Å². The summed E-state index contributed by atoms with van der Waals surface area (Å²) < 4.78 is 41.7. The Balaban J connectivity index is 2.32. The highest BCUT2D eigenvalue weighted by atomic mass is 32.2. The van der Waals surface area contributed by atoms with Crippen LogP contribution < -0.4 is 9.46 Å². The van der Waals surface area contributed by atoms with Gasteiger partial charge in [-0.1, -0.05) is 0 Å². The van der Waals surface area contributed by atoms with Crippen LogP contribution in [0.5, 0.6) is 11.5 Å². The Morgan fingerprint density at radius 2 is 1.92 bits per heavy atom. The molecule has 0 amide bonds. The molecule has 1 N–H and O–H groups in total. The first kappa shape index (κ1) is 19.6. The van der Waals surface area contributed by atoms with E-state index in [0.29, 0.717) is 23.7 Å². The molecule has 1 atom stereocenters. The van der Waals surface area contributed by atoms with Crippen LogP contribution in [0.1, 0.15) is 11.1 Å². The van der Waals surface area contributed by atoms with Crippen molar-refractivity contribution in [1.29, 1.82) is 0 Å². The predicted octanol–water partition coefficient (Wildman–Crippen LogP) is 2.52. The van der Waals surface area contributed by atoms with Gasteiger partial charge in [0, 0.05) is 23.4 Å². The van der Waals surface area contributed by atoms with Gasteiger partial charge >= 0.3 is 0 Å². The average Bonchev–Trinajstić information content (AvgIpc) is 2.48. The minimum Gasteiger partial charge on any atom is -0.612 e. The Morgan fingerprint density at radius 3 is 2.48 bits per heavy atom. The van der Waals surface area contributed by atoms with E-state index >= 15 is 0 Å². The van der Waals surface area contributed by atoms with Gasteiger partial charge in [-0.3, -0.25) is 4.72 Å². The lowest BCUT2D eigenvalue weighted by atomic mass is 10.1. The van der Waals surface area contributed by atoms with Crippen LogP contribution in [0, 0.1) is 6.92 Å². The Hall–Kier alpha value is -1.74. The van der Waals surface area contributed by atoms with Gasteiger partial charge in [0.15, 0.2) is 4.90 Å². The van der Waals surface area contributed by atoms with Crippen LogP contribution in [0.15, 0.2) is 41.3 Å². The molecule has 0 heterocycles. The number of ether oxygens (including phenoxy) is 1. The second-order valence-corrected chi connectivity index (χ2v) is 8.00. The quantitative estimate of drug-likeness (QED) is 0.568. The molecule has 136 valence electrons. The van der Waals surface area contributed by atoms with Crippen molar-refractivity contribution in [3.63, 3.8) is 0 Å². The maximum Gasteiger partial charge on any atom is 0.222 e. The molecule has 2 aromatic carbocycles. The lowest BCUT2D eigenvalue weighted by Gasteiger charge is -2.17. The van der Waals surface area contributed by atoms with Crippen molar-refractivity contribution in [2.75, 3.05) is 25.1 Å². The third-order valence-electron chi connectivity index (χ3n) is 3.45. The summed E-state index contributed by atoms with van der Waals surface area (Å²) in [4.78, 5) is 2.75. The highest BCUT2D eigenvalue weighted by Crippen LogP contribution is 2.30. The van der Waals surface area contributed by atoms with Gasteiger partial charge in [0.2, 0.25) is 10.9 Å². The minimum absolute atomic E-state index is 0.494. The molecule has 0 fully saturated rings. The summed E-state index contributed by atoms with van der Waals surface area (Å²) in [6.07, 6.45) is 1.64. The Labute approximate surface area is 153 Å². The molecule has 25 heavy (non-hydrogen) atoms. The van der Waals surface area contributed by atoms with E-state index in [1.807, 2.05) is 32.0 Å². The number of nitrogens with one attached hydrogen (secondary N) is 1. The van der Waals surface area contributed by atoms with Gasteiger partial charge in [-0.25, -0.2) is 8.42 Å². The molecule has 0 saturated carbocycles. The number of thiol groups is 1. The highest BCUT2D eigenvalue weighted by Gasteiger charge is 2.12. The van der Waals surface area contributed by atoms with Crippen molar-refractivity contribution < 1.29 is 17.7 Å². The fourth-order valence-electron chi connectivity index (χ4n) is 2.45. The zero-order chi connectivity index (χ0) is 18.6. The van der Waals surface area contributed by atoms with Crippen LogP contribution >= 0.6 is 0 Å². The van der Waals surface area contributed by atoms with E-state index in [1.54, 1.807) is 36.6 Å². The molecule has 0 bridgehead atoms.